The first kappa shape index (κ1) is 19.1. The SMILES string of the molecule is CC(C)n1ncc2cc(NC(=O)NC[C@@H]([C@H]3CCOC3)N3CCCC3)cnc21. The quantitative estimate of drug-likeness (QED) is 0.797. The zero-order chi connectivity index (χ0) is 19.5. The fourth-order valence-corrected chi connectivity index (χ4v) is 4.28. The van der Waals surface area contributed by atoms with E-state index in [0.717, 1.165) is 43.8 Å². The summed E-state index contributed by atoms with van der Waals surface area (Å²) in [6, 6.07) is 2.31. The van der Waals surface area contributed by atoms with Crippen LogP contribution in [0.3, 0.4) is 0 Å². The van der Waals surface area contributed by atoms with Crippen molar-refractivity contribution in [2.45, 2.75) is 45.2 Å². The number of fused-ring (bicyclic) bond motifs is 1. The molecule has 0 aliphatic carbocycles. The van der Waals surface area contributed by atoms with E-state index in [4.69, 9.17) is 4.74 Å². The van der Waals surface area contributed by atoms with Gasteiger partial charge in [-0.3, -0.25) is 4.90 Å². The molecule has 152 valence electrons. The van der Waals surface area contributed by atoms with Gasteiger partial charge in [-0.2, -0.15) is 5.10 Å². The van der Waals surface area contributed by atoms with E-state index in [1.54, 1.807) is 12.4 Å². The van der Waals surface area contributed by atoms with Gasteiger partial charge in [-0.15, -0.1) is 0 Å². The maximum Gasteiger partial charge on any atom is 0.319 e. The lowest BCUT2D eigenvalue weighted by Gasteiger charge is -2.31. The summed E-state index contributed by atoms with van der Waals surface area (Å²) in [6.45, 7) is 8.64. The largest absolute Gasteiger partial charge is 0.381 e. The Labute approximate surface area is 165 Å². The van der Waals surface area contributed by atoms with Crippen molar-refractivity contribution in [3.63, 3.8) is 0 Å². The third-order valence-corrected chi connectivity index (χ3v) is 5.77. The molecule has 2 amide bonds. The van der Waals surface area contributed by atoms with Crippen molar-refractivity contribution < 1.29 is 9.53 Å². The minimum absolute atomic E-state index is 0.194. The van der Waals surface area contributed by atoms with Crippen LogP contribution in [0.1, 0.15) is 39.2 Å². The number of nitrogens with one attached hydrogen (secondary N) is 2. The second-order valence-corrected chi connectivity index (χ2v) is 8.09. The highest BCUT2D eigenvalue weighted by molar-refractivity contribution is 5.91. The van der Waals surface area contributed by atoms with Crippen LogP contribution in [-0.4, -0.2) is 64.6 Å². The lowest BCUT2D eigenvalue weighted by Crippen LogP contribution is -2.48. The average molecular weight is 387 g/mol. The van der Waals surface area contributed by atoms with Crippen molar-refractivity contribution in [1.82, 2.24) is 25.0 Å². The van der Waals surface area contributed by atoms with Crippen LogP contribution >= 0.6 is 0 Å². The molecule has 0 bridgehead atoms. The van der Waals surface area contributed by atoms with Gasteiger partial charge in [0.05, 0.1) is 24.7 Å². The van der Waals surface area contributed by atoms with E-state index >= 15 is 0 Å². The third kappa shape index (κ3) is 4.12. The van der Waals surface area contributed by atoms with Crippen molar-refractivity contribution in [3.05, 3.63) is 18.5 Å². The van der Waals surface area contributed by atoms with Crippen LogP contribution in [0.5, 0.6) is 0 Å². The maximum absolute atomic E-state index is 12.5. The van der Waals surface area contributed by atoms with Gasteiger partial charge in [-0.1, -0.05) is 0 Å². The Morgan fingerprint density at radius 1 is 1.32 bits per heavy atom. The molecule has 0 unspecified atom stereocenters. The standard InChI is InChI=1S/C20H30N6O2/c1-14(2)26-19-16(10-23-26)9-17(11-21-19)24-20(27)22-12-18(15-5-8-28-13-15)25-6-3-4-7-25/h9-11,14-15,18H,3-8,12-13H2,1-2H3,(H2,22,24,27)/t15-,18-/m0/s1. The summed E-state index contributed by atoms with van der Waals surface area (Å²) in [5.74, 6) is 0.498. The van der Waals surface area contributed by atoms with Gasteiger partial charge in [0.15, 0.2) is 5.65 Å². The Morgan fingerprint density at radius 3 is 2.86 bits per heavy atom. The molecule has 8 nitrogen and oxygen atoms in total. The summed E-state index contributed by atoms with van der Waals surface area (Å²) in [5, 5.41) is 11.3. The van der Waals surface area contributed by atoms with Crippen LogP contribution < -0.4 is 10.6 Å². The van der Waals surface area contributed by atoms with Crippen molar-refractivity contribution in [2.24, 2.45) is 5.92 Å². The van der Waals surface area contributed by atoms with Crippen molar-refractivity contribution in [1.29, 1.82) is 0 Å². The molecule has 2 aliphatic heterocycles. The van der Waals surface area contributed by atoms with Crippen molar-refractivity contribution in [2.75, 3.05) is 38.2 Å². The highest BCUT2D eigenvalue weighted by atomic mass is 16.5. The second kappa shape index (κ2) is 8.45. The molecule has 4 rings (SSSR count). The summed E-state index contributed by atoms with van der Waals surface area (Å²) in [5.41, 5.74) is 1.51. The fraction of sp³-hybridized carbons (Fsp3) is 0.650. The first-order chi connectivity index (χ1) is 13.6. The Kier molecular flexibility index (Phi) is 5.77. The van der Waals surface area contributed by atoms with E-state index in [9.17, 15) is 4.79 Å². The summed E-state index contributed by atoms with van der Waals surface area (Å²) < 4.78 is 7.47. The monoisotopic (exact) mass is 386 g/mol. The van der Waals surface area contributed by atoms with Crippen LogP contribution in [0.15, 0.2) is 18.5 Å². The molecule has 2 fully saturated rings. The number of rotatable bonds is 6. The van der Waals surface area contributed by atoms with E-state index in [1.165, 1.54) is 12.8 Å². The number of ether oxygens (including phenoxy) is 1. The second-order valence-electron chi connectivity index (χ2n) is 8.09. The van der Waals surface area contributed by atoms with Crippen LogP contribution in [-0.2, 0) is 4.74 Å². The van der Waals surface area contributed by atoms with Gasteiger partial charge in [0.2, 0.25) is 0 Å². The van der Waals surface area contributed by atoms with Gasteiger partial charge >= 0.3 is 6.03 Å². The number of aromatic nitrogens is 3. The Morgan fingerprint density at radius 2 is 2.14 bits per heavy atom. The number of hydrogen-bond donors (Lipinski definition) is 2. The number of pyridine rings is 1. The molecule has 2 saturated heterocycles. The van der Waals surface area contributed by atoms with Crippen molar-refractivity contribution in [3.8, 4) is 0 Å². The number of amides is 2. The Bertz CT molecular complexity index is 792. The molecule has 2 aromatic rings. The molecule has 2 atom stereocenters. The normalized spacial score (nSPS) is 21.5. The lowest BCUT2D eigenvalue weighted by atomic mass is 9.97. The zero-order valence-corrected chi connectivity index (χ0v) is 16.7. The third-order valence-electron chi connectivity index (χ3n) is 5.77. The lowest BCUT2D eigenvalue weighted by molar-refractivity contribution is 0.135. The molecule has 4 heterocycles. The predicted octanol–water partition coefficient (Wildman–Crippen LogP) is 2.63. The first-order valence-corrected chi connectivity index (χ1v) is 10.3. The van der Waals surface area contributed by atoms with Gasteiger partial charge in [-0.05, 0) is 52.3 Å². The number of anilines is 1. The molecule has 0 aromatic carbocycles. The van der Waals surface area contributed by atoms with Gasteiger partial charge in [0, 0.05) is 36.5 Å². The number of hydrogen-bond acceptors (Lipinski definition) is 5. The number of carbonyl (C=O) groups excluding carboxylic acids is 1. The topological polar surface area (TPSA) is 84.3 Å². The maximum atomic E-state index is 12.5. The van der Waals surface area contributed by atoms with Crippen LogP contribution in [0, 0.1) is 5.92 Å². The van der Waals surface area contributed by atoms with E-state index in [1.807, 2.05) is 10.7 Å². The molecular formula is C20H30N6O2. The number of carbonyl (C=O) groups is 1. The van der Waals surface area contributed by atoms with E-state index in [0.29, 0.717) is 24.2 Å². The van der Waals surface area contributed by atoms with E-state index in [-0.39, 0.29) is 12.1 Å². The molecule has 0 radical (unpaired) electrons. The minimum atomic E-state index is -0.194. The summed E-state index contributed by atoms with van der Waals surface area (Å²) in [6.07, 6.45) is 7.03. The molecule has 0 saturated carbocycles. The van der Waals surface area contributed by atoms with Gasteiger partial charge in [0.1, 0.15) is 0 Å². The number of urea groups is 1. The average Bonchev–Trinajstić information content (AvgIpc) is 3.43. The summed E-state index contributed by atoms with van der Waals surface area (Å²) in [4.78, 5) is 19.5. The highest BCUT2D eigenvalue weighted by Gasteiger charge is 2.32. The Balaban J connectivity index is 1.37. The zero-order valence-electron chi connectivity index (χ0n) is 16.7. The molecule has 2 N–H and O–H groups in total. The number of nitrogens with zero attached hydrogens (tertiary/aromatic N) is 4. The highest BCUT2D eigenvalue weighted by Crippen LogP contribution is 2.24. The van der Waals surface area contributed by atoms with Crippen LogP contribution in [0.4, 0.5) is 10.5 Å². The van der Waals surface area contributed by atoms with Crippen LogP contribution in [0.2, 0.25) is 0 Å². The molecule has 2 aliphatic rings. The summed E-state index contributed by atoms with van der Waals surface area (Å²) >= 11 is 0. The predicted molar refractivity (Wildman–Crippen MR) is 108 cm³/mol. The first-order valence-electron chi connectivity index (χ1n) is 10.3. The fourth-order valence-electron chi connectivity index (χ4n) is 4.28. The number of likely N-dealkylation sites (tertiary alicyclic amines) is 1. The van der Waals surface area contributed by atoms with E-state index < -0.39 is 0 Å². The molecule has 28 heavy (non-hydrogen) atoms. The van der Waals surface area contributed by atoms with E-state index in [2.05, 4.69) is 39.5 Å². The Hall–Kier alpha value is -2.19. The molecular weight excluding hydrogens is 356 g/mol. The van der Waals surface area contributed by atoms with Gasteiger partial charge in [0.25, 0.3) is 0 Å². The minimum Gasteiger partial charge on any atom is -0.381 e. The van der Waals surface area contributed by atoms with Gasteiger partial charge < -0.3 is 15.4 Å². The van der Waals surface area contributed by atoms with Gasteiger partial charge in [-0.25, -0.2) is 14.5 Å². The molecule has 8 heteroatoms. The summed E-state index contributed by atoms with van der Waals surface area (Å²) in [7, 11) is 0. The van der Waals surface area contributed by atoms with Crippen LogP contribution in [0.25, 0.3) is 11.0 Å². The molecule has 2 aromatic heterocycles. The smallest absolute Gasteiger partial charge is 0.319 e. The molecule has 0 spiro atoms. The van der Waals surface area contributed by atoms with Crippen molar-refractivity contribution >= 4 is 22.8 Å².